The van der Waals surface area contributed by atoms with Gasteiger partial charge in [-0.15, -0.1) is 18.3 Å². The van der Waals surface area contributed by atoms with Gasteiger partial charge in [-0.3, -0.25) is 5.32 Å². The molecule has 0 fully saturated rings. The average molecular weight is 338 g/mol. The van der Waals surface area contributed by atoms with Gasteiger partial charge in [-0.05, 0) is 36.4 Å². The van der Waals surface area contributed by atoms with Gasteiger partial charge >= 0.3 is 12.4 Å². The lowest BCUT2D eigenvalue weighted by molar-refractivity contribution is -0.274. The van der Waals surface area contributed by atoms with Gasteiger partial charge in [0.15, 0.2) is 11.6 Å². The lowest BCUT2D eigenvalue weighted by Crippen LogP contribution is -2.16. The number of nitrogens with zero attached hydrogens (tertiary/aromatic N) is 3. The fourth-order valence-electron chi connectivity index (χ4n) is 1.78. The van der Waals surface area contributed by atoms with Crippen molar-refractivity contribution in [2.45, 2.75) is 6.36 Å². The normalized spacial score (nSPS) is 11.3. The molecule has 0 aliphatic heterocycles. The van der Waals surface area contributed by atoms with Crippen LogP contribution in [0.15, 0.2) is 47.0 Å². The maximum absolute atomic E-state index is 12.1. The number of rotatable bonds is 4. The SMILES string of the molecule is Oc1cccnc1Nc1nnc(-c2ccc(OC(F)(F)F)cc2)o1. The number of anilines is 2. The average Bonchev–Trinajstić information content (AvgIpc) is 2.97. The van der Waals surface area contributed by atoms with Crippen molar-refractivity contribution in [1.29, 1.82) is 0 Å². The largest absolute Gasteiger partial charge is 0.573 e. The van der Waals surface area contributed by atoms with Gasteiger partial charge in [0.25, 0.3) is 0 Å². The van der Waals surface area contributed by atoms with E-state index in [0.29, 0.717) is 5.56 Å². The molecule has 1 aromatic carbocycles. The minimum atomic E-state index is -4.76. The summed E-state index contributed by atoms with van der Waals surface area (Å²) in [5, 5.41) is 19.7. The molecule has 0 spiro atoms. The molecule has 0 saturated heterocycles. The number of halogens is 3. The highest BCUT2D eigenvalue weighted by molar-refractivity contribution is 5.58. The Kier molecular flexibility index (Phi) is 3.94. The van der Waals surface area contributed by atoms with Gasteiger partial charge in [-0.2, -0.15) is 0 Å². The van der Waals surface area contributed by atoms with Gasteiger partial charge in [-0.25, -0.2) is 4.98 Å². The highest BCUT2D eigenvalue weighted by atomic mass is 19.4. The Balaban J connectivity index is 1.75. The number of hydrogen-bond acceptors (Lipinski definition) is 7. The standard InChI is InChI=1S/C14H9F3N4O3/c15-14(16,17)24-9-5-3-8(4-6-9)12-20-21-13(23-12)19-11-10(22)2-1-7-18-11/h1-7,22H,(H,18,19,21). The highest BCUT2D eigenvalue weighted by Gasteiger charge is 2.31. The van der Waals surface area contributed by atoms with E-state index in [4.69, 9.17) is 4.42 Å². The summed E-state index contributed by atoms with van der Waals surface area (Å²) in [5.74, 6) is -0.262. The Labute approximate surface area is 132 Å². The van der Waals surface area contributed by atoms with Gasteiger partial charge in [0.2, 0.25) is 5.89 Å². The van der Waals surface area contributed by atoms with E-state index in [9.17, 15) is 18.3 Å². The predicted octanol–water partition coefficient (Wildman–Crippen LogP) is 3.48. The van der Waals surface area contributed by atoms with E-state index in [-0.39, 0.29) is 29.2 Å². The molecule has 0 aliphatic carbocycles. The summed E-state index contributed by atoms with van der Waals surface area (Å²) in [6.07, 6.45) is -3.30. The second-order valence-electron chi connectivity index (χ2n) is 4.48. The zero-order chi connectivity index (χ0) is 17.2. The molecular weight excluding hydrogens is 329 g/mol. The van der Waals surface area contributed by atoms with Crippen LogP contribution in [0.25, 0.3) is 11.5 Å². The topological polar surface area (TPSA) is 93.3 Å². The molecular formula is C14H9F3N4O3. The monoisotopic (exact) mass is 338 g/mol. The third-order valence-electron chi connectivity index (χ3n) is 2.77. The van der Waals surface area contributed by atoms with E-state index in [1.165, 1.54) is 24.4 Å². The van der Waals surface area contributed by atoms with Crippen LogP contribution in [0.3, 0.4) is 0 Å². The first-order valence-corrected chi connectivity index (χ1v) is 6.51. The Morgan fingerprint density at radius 1 is 1.08 bits per heavy atom. The number of nitrogens with one attached hydrogen (secondary N) is 1. The van der Waals surface area contributed by atoms with Crippen LogP contribution in [0.4, 0.5) is 25.0 Å². The Morgan fingerprint density at radius 2 is 1.83 bits per heavy atom. The second kappa shape index (κ2) is 6.07. The molecule has 0 unspecified atom stereocenters. The summed E-state index contributed by atoms with van der Waals surface area (Å²) in [4.78, 5) is 3.89. The minimum Gasteiger partial charge on any atom is -0.504 e. The van der Waals surface area contributed by atoms with Crippen molar-refractivity contribution in [3.8, 4) is 23.0 Å². The lowest BCUT2D eigenvalue weighted by Gasteiger charge is -2.08. The second-order valence-corrected chi connectivity index (χ2v) is 4.48. The zero-order valence-electron chi connectivity index (χ0n) is 11.8. The van der Waals surface area contributed by atoms with E-state index >= 15 is 0 Å². The lowest BCUT2D eigenvalue weighted by atomic mass is 10.2. The van der Waals surface area contributed by atoms with Crippen LogP contribution in [-0.4, -0.2) is 26.7 Å². The van der Waals surface area contributed by atoms with E-state index < -0.39 is 6.36 Å². The van der Waals surface area contributed by atoms with Crippen molar-refractivity contribution in [3.05, 3.63) is 42.6 Å². The smallest absolute Gasteiger partial charge is 0.504 e. The molecule has 0 saturated carbocycles. The number of pyridine rings is 1. The van der Waals surface area contributed by atoms with Crippen molar-refractivity contribution in [2.75, 3.05) is 5.32 Å². The molecule has 0 atom stereocenters. The molecule has 10 heteroatoms. The molecule has 3 rings (SSSR count). The van der Waals surface area contributed by atoms with Crippen molar-refractivity contribution >= 4 is 11.8 Å². The Hall–Kier alpha value is -3.30. The fraction of sp³-hybridized carbons (Fsp3) is 0.0714. The van der Waals surface area contributed by atoms with Crippen molar-refractivity contribution in [3.63, 3.8) is 0 Å². The van der Waals surface area contributed by atoms with Crippen LogP contribution in [0.1, 0.15) is 0 Å². The third-order valence-corrected chi connectivity index (χ3v) is 2.77. The summed E-state index contributed by atoms with van der Waals surface area (Å²) in [6, 6.07) is 7.88. The first-order chi connectivity index (χ1) is 11.4. The first-order valence-electron chi connectivity index (χ1n) is 6.51. The van der Waals surface area contributed by atoms with Gasteiger partial charge in [0.05, 0.1) is 0 Å². The van der Waals surface area contributed by atoms with Crippen LogP contribution in [0.5, 0.6) is 11.5 Å². The van der Waals surface area contributed by atoms with Gasteiger partial charge < -0.3 is 14.3 Å². The summed E-state index contributed by atoms with van der Waals surface area (Å²) in [5.41, 5.74) is 0.398. The molecule has 2 N–H and O–H groups in total. The highest BCUT2D eigenvalue weighted by Crippen LogP contribution is 2.28. The number of alkyl halides is 3. The van der Waals surface area contributed by atoms with E-state index in [0.717, 1.165) is 12.1 Å². The van der Waals surface area contributed by atoms with Crippen LogP contribution in [0.2, 0.25) is 0 Å². The van der Waals surface area contributed by atoms with Crippen molar-refractivity contribution in [2.24, 2.45) is 0 Å². The summed E-state index contributed by atoms with van der Waals surface area (Å²) in [7, 11) is 0. The van der Waals surface area contributed by atoms with E-state index in [1.54, 1.807) is 6.07 Å². The number of hydrogen-bond donors (Lipinski definition) is 2. The number of ether oxygens (including phenoxy) is 1. The quantitative estimate of drug-likeness (QED) is 0.752. The molecule has 2 aromatic heterocycles. The third kappa shape index (κ3) is 3.72. The van der Waals surface area contributed by atoms with Crippen LogP contribution < -0.4 is 10.1 Å². The molecule has 3 aromatic rings. The summed E-state index contributed by atoms with van der Waals surface area (Å²) >= 11 is 0. The molecule has 2 heterocycles. The van der Waals surface area contributed by atoms with Gasteiger partial charge in [0, 0.05) is 11.8 Å². The van der Waals surface area contributed by atoms with Crippen molar-refractivity contribution in [1.82, 2.24) is 15.2 Å². The maximum Gasteiger partial charge on any atom is 0.573 e. The molecule has 124 valence electrons. The molecule has 0 amide bonds. The zero-order valence-corrected chi connectivity index (χ0v) is 11.8. The Morgan fingerprint density at radius 3 is 2.50 bits per heavy atom. The molecule has 7 nitrogen and oxygen atoms in total. The van der Waals surface area contributed by atoms with E-state index in [2.05, 4.69) is 25.2 Å². The molecule has 24 heavy (non-hydrogen) atoms. The maximum atomic E-state index is 12.1. The summed E-state index contributed by atoms with van der Waals surface area (Å²) in [6.45, 7) is 0. The minimum absolute atomic E-state index is 0.0328. The number of benzene rings is 1. The fourth-order valence-corrected chi connectivity index (χ4v) is 1.78. The molecule has 0 aliphatic rings. The van der Waals surface area contributed by atoms with Crippen LogP contribution >= 0.6 is 0 Å². The predicted molar refractivity (Wildman–Crippen MR) is 75.6 cm³/mol. The Bertz CT molecular complexity index is 834. The van der Waals surface area contributed by atoms with Gasteiger partial charge in [0.1, 0.15) is 5.75 Å². The molecule has 0 radical (unpaired) electrons. The van der Waals surface area contributed by atoms with Crippen LogP contribution in [-0.2, 0) is 0 Å². The first kappa shape index (κ1) is 15.6. The van der Waals surface area contributed by atoms with Crippen LogP contribution in [0, 0.1) is 0 Å². The van der Waals surface area contributed by atoms with Gasteiger partial charge in [-0.1, -0.05) is 5.10 Å². The number of aromatic hydroxyl groups is 1. The number of aromatic nitrogens is 3. The van der Waals surface area contributed by atoms with Crippen molar-refractivity contribution < 1.29 is 27.4 Å². The molecule has 0 bridgehead atoms. The van der Waals surface area contributed by atoms with E-state index in [1.807, 2.05) is 0 Å². The summed E-state index contributed by atoms with van der Waals surface area (Å²) < 4.78 is 45.4.